The third kappa shape index (κ3) is 2.79. The van der Waals surface area contributed by atoms with Gasteiger partial charge in [-0.05, 0) is 24.3 Å². The van der Waals surface area contributed by atoms with Gasteiger partial charge in [0.25, 0.3) is 10.0 Å². The van der Waals surface area contributed by atoms with Crippen LogP contribution in [-0.4, -0.2) is 25.3 Å². The molecule has 6 nitrogen and oxygen atoms in total. The molecule has 0 saturated heterocycles. The molecule has 3 rings (SSSR count). The summed E-state index contributed by atoms with van der Waals surface area (Å²) in [4.78, 5) is -0.100. The molecule has 3 aromatic rings. The predicted octanol–water partition coefficient (Wildman–Crippen LogP) is 3.69. The first kappa shape index (κ1) is 16.9. The van der Waals surface area contributed by atoms with Crippen LogP contribution in [0.3, 0.4) is 0 Å². The van der Waals surface area contributed by atoms with Crippen LogP contribution < -0.4 is 9.46 Å². The molecule has 9 heteroatoms. The molecule has 0 aliphatic rings. The first-order valence-electron chi connectivity index (χ1n) is 6.81. The van der Waals surface area contributed by atoms with Gasteiger partial charge in [-0.1, -0.05) is 35.3 Å². The Balaban J connectivity index is 2.14. The summed E-state index contributed by atoms with van der Waals surface area (Å²) in [6.07, 6.45) is 0. The Bertz CT molecular complexity index is 1030. The second-order valence-electron chi connectivity index (χ2n) is 4.99. The summed E-state index contributed by atoms with van der Waals surface area (Å²) >= 11 is 11.9. The van der Waals surface area contributed by atoms with Crippen LogP contribution in [0.25, 0.3) is 10.9 Å². The number of ether oxygens (including phenoxy) is 1. The highest BCUT2D eigenvalue weighted by Crippen LogP contribution is 2.34. The van der Waals surface area contributed by atoms with Crippen molar-refractivity contribution in [2.75, 3.05) is 11.8 Å². The van der Waals surface area contributed by atoms with Gasteiger partial charge in [0, 0.05) is 7.05 Å². The van der Waals surface area contributed by atoms with Crippen molar-refractivity contribution in [2.24, 2.45) is 7.05 Å². The maximum atomic E-state index is 12.7. The second-order valence-corrected chi connectivity index (χ2v) is 7.43. The van der Waals surface area contributed by atoms with Crippen LogP contribution in [0.1, 0.15) is 0 Å². The number of nitrogens with zero attached hydrogens (tertiary/aromatic N) is 2. The number of halogens is 2. The average molecular weight is 386 g/mol. The van der Waals surface area contributed by atoms with Crippen molar-refractivity contribution in [1.82, 2.24) is 9.78 Å². The van der Waals surface area contributed by atoms with Crippen molar-refractivity contribution in [3.8, 4) is 5.88 Å². The number of hydrogen-bond donors (Lipinski definition) is 1. The lowest BCUT2D eigenvalue weighted by Crippen LogP contribution is -2.13. The molecule has 0 aliphatic carbocycles. The summed E-state index contributed by atoms with van der Waals surface area (Å²) in [5, 5.41) is 4.91. The molecule has 0 fully saturated rings. The van der Waals surface area contributed by atoms with Gasteiger partial charge < -0.3 is 4.74 Å². The minimum absolute atomic E-state index is 0.0306. The molecule has 24 heavy (non-hydrogen) atoms. The summed E-state index contributed by atoms with van der Waals surface area (Å²) in [7, 11) is -0.713. The number of aromatic nitrogens is 2. The van der Waals surface area contributed by atoms with Gasteiger partial charge >= 0.3 is 0 Å². The van der Waals surface area contributed by atoms with Crippen LogP contribution in [0.15, 0.2) is 41.3 Å². The highest BCUT2D eigenvalue weighted by atomic mass is 35.5. The van der Waals surface area contributed by atoms with Gasteiger partial charge in [-0.25, -0.2) is 8.42 Å². The zero-order valence-electron chi connectivity index (χ0n) is 12.7. The number of hydrogen-bond acceptors (Lipinski definition) is 4. The molecule has 1 aromatic heterocycles. The molecule has 0 unspecified atom stereocenters. The van der Waals surface area contributed by atoms with Gasteiger partial charge in [-0.2, -0.15) is 0 Å². The lowest BCUT2D eigenvalue weighted by molar-refractivity contribution is 0.396. The average Bonchev–Trinajstić information content (AvgIpc) is 2.87. The number of sulfonamides is 1. The smallest absolute Gasteiger partial charge is 0.263 e. The van der Waals surface area contributed by atoms with Crippen LogP contribution in [0, 0.1) is 0 Å². The monoisotopic (exact) mass is 385 g/mol. The van der Waals surface area contributed by atoms with E-state index in [0.29, 0.717) is 17.0 Å². The molecular weight excluding hydrogens is 373 g/mol. The fourth-order valence-electron chi connectivity index (χ4n) is 2.39. The third-order valence-corrected chi connectivity index (χ3v) is 5.83. The van der Waals surface area contributed by atoms with Crippen LogP contribution in [-0.2, 0) is 17.1 Å². The highest BCUT2D eigenvalue weighted by Gasteiger charge is 2.22. The second kappa shape index (κ2) is 6.16. The minimum atomic E-state index is -3.93. The van der Waals surface area contributed by atoms with Gasteiger partial charge in [0.1, 0.15) is 4.90 Å². The van der Waals surface area contributed by atoms with Crippen LogP contribution in [0.5, 0.6) is 5.88 Å². The van der Waals surface area contributed by atoms with Gasteiger partial charge in [-0.3, -0.25) is 9.40 Å². The molecule has 2 aromatic carbocycles. The quantitative estimate of drug-likeness (QED) is 0.742. The van der Waals surface area contributed by atoms with Crippen LogP contribution in [0.4, 0.5) is 5.69 Å². The molecule has 1 N–H and O–H groups in total. The number of fused-ring (bicyclic) bond motifs is 1. The largest absolute Gasteiger partial charge is 0.479 e. The Hall–Kier alpha value is -1.96. The normalized spacial score (nSPS) is 11.7. The van der Waals surface area contributed by atoms with Crippen molar-refractivity contribution in [1.29, 1.82) is 0 Å². The van der Waals surface area contributed by atoms with E-state index in [-0.39, 0.29) is 14.9 Å². The third-order valence-electron chi connectivity index (χ3n) is 3.49. The van der Waals surface area contributed by atoms with Gasteiger partial charge in [-0.15, -0.1) is 5.10 Å². The Kier molecular flexibility index (Phi) is 4.33. The van der Waals surface area contributed by atoms with Crippen molar-refractivity contribution < 1.29 is 13.2 Å². The Morgan fingerprint density at radius 2 is 1.88 bits per heavy atom. The van der Waals surface area contributed by atoms with Crippen molar-refractivity contribution in [3.63, 3.8) is 0 Å². The number of benzene rings is 2. The number of methoxy groups -OCH3 is 1. The van der Waals surface area contributed by atoms with Crippen molar-refractivity contribution in [2.45, 2.75) is 4.90 Å². The van der Waals surface area contributed by atoms with E-state index in [2.05, 4.69) is 9.82 Å². The number of aryl methyl sites for hydroxylation is 1. The molecule has 0 aliphatic heterocycles. The van der Waals surface area contributed by atoms with Crippen LogP contribution in [0.2, 0.25) is 10.0 Å². The molecule has 0 amide bonds. The molecule has 0 spiro atoms. The van der Waals surface area contributed by atoms with E-state index >= 15 is 0 Å². The predicted molar refractivity (Wildman–Crippen MR) is 94.5 cm³/mol. The van der Waals surface area contributed by atoms with Crippen molar-refractivity contribution >= 4 is 49.8 Å². The molecule has 1 heterocycles. The Labute approximate surface area is 149 Å². The maximum absolute atomic E-state index is 12.7. The standard InChI is InChI=1S/C15H13Cl2N3O3S/c1-20-11-7-4-6-10(13(11)15(18-20)23-2)19-24(21,22)12-8-3-5-9(16)14(12)17/h3-8,19H,1-2H3. The van der Waals surface area contributed by atoms with Gasteiger partial charge in [0.2, 0.25) is 5.88 Å². The van der Waals surface area contributed by atoms with Gasteiger partial charge in [0.15, 0.2) is 0 Å². The van der Waals surface area contributed by atoms with E-state index < -0.39 is 10.0 Å². The van der Waals surface area contributed by atoms with E-state index in [0.717, 1.165) is 5.52 Å². The zero-order valence-corrected chi connectivity index (χ0v) is 15.1. The summed E-state index contributed by atoms with van der Waals surface area (Å²) in [6, 6.07) is 9.59. The number of nitrogens with one attached hydrogen (secondary N) is 1. The Morgan fingerprint density at radius 1 is 1.17 bits per heavy atom. The van der Waals surface area contributed by atoms with E-state index in [4.69, 9.17) is 27.9 Å². The summed E-state index contributed by atoms with van der Waals surface area (Å²) in [6.45, 7) is 0. The first-order valence-corrected chi connectivity index (χ1v) is 9.05. The number of anilines is 1. The lowest BCUT2D eigenvalue weighted by atomic mass is 10.2. The summed E-state index contributed by atoms with van der Waals surface area (Å²) in [5.74, 6) is 0.322. The van der Waals surface area contributed by atoms with E-state index in [9.17, 15) is 8.42 Å². The molecular formula is C15H13Cl2N3O3S. The Morgan fingerprint density at radius 3 is 2.58 bits per heavy atom. The molecule has 126 valence electrons. The van der Waals surface area contributed by atoms with Crippen molar-refractivity contribution in [3.05, 3.63) is 46.4 Å². The number of rotatable bonds is 4. The van der Waals surface area contributed by atoms with E-state index in [1.165, 1.54) is 25.3 Å². The SMILES string of the molecule is COc1nn(C)c2cccc(NS(=O)(=O)c3cccc(Cl)c3Cl)c12. The summed E-state index contributed by atoms with van der Waals surface area (Å²) < 4.78 is 34.8. The van der Waals surface area contributed by atoms with E-state index in [1.54, 1.807) is 23.9 Å². The molecule has 0 atom stereocenters. The zero-order chi connectivity index (χ0) is 17.5. The summed E-state index contributed by atoms with van der Waals surface area (Å²) in [5.41, 5.74) is 1.07. The first-order chi connectivity index (χ1) is 11.3. The lowest BCUT2D eigenvalue weighted by Gasteiger charge is -2.11. The minimum Gasteiger partial charge on any atom is -0.479 e. The maximum Gasteiger partial charge on any atom is 0.263 e. The topological polar surface area (TPSA) is 73.2 Å². The van der Waals surface area contributed by atoms with E-state index in [1.807, 2.05) is 6.07 Å². The molecule has 0 bridgehead atoms. The molecule has 0 saturated carbocycles. The van der Waals surface area contributed by atoms with Gasteiger partial charge in [0.05, 0.1) is 33.7 Å². The fourth-order valence-corrected chi connectivity index (χ4v) is 4.23. The van der Waals surface area contributed by atoms with Crippen LogP contribution >= 0.6 is 23.2 Å². The molecule has 0 radical (unpaired) electrons. The fraction of sp³-hybridized carbons (Fsp3) is 0.133. The highest BCUT2D eigenvalue weighted by molar-refractivity contribution is 7.92.